The van der Waals surface area contributed by atoms with Crippen molar-refractivity contribution in [2.24, 2.45) is 0 Å². The van der Waals surface area contributed by atoms with Crippen LogP contribution in [0, 0.1) is 20.2 Å². The number of imide groups is 1. The number of rotatable bonds is 8. The number of ether oxygens (including phenoxy) is 2. The maximum absolute atomic E-state index is 13.1. The summed E-state index contributed by atoms with van der Waals surface area (Å²) in [4.78, 5) is 48.2. The molecule has 1 fully saturated rings. The number of benzene rings is 4. The van der Waals surface area contributed by atoms with Gasteiger partial charge < -0.3 is 9.47 Å². The number of hydrogen-bond donors (Lipinski definition) is 0. The van der Waals surface area contributed by atoms with Gasteiger partial charge >= 0.3 is 5.69 Å². The van der Waals surface area contributed by atoms with Gasteiger partial charge in [-0.3, -0.25) is 34.7 Å². The Hall–Kier alpha value is -5.23. The summed E-state index contributed by atoms with van der Waals surface area (Å²) in [6.07, 6.45) is 1.55. The summed E-state index contributed by atoms with van der Waals surface area (Å²) in [6, 6.07) is 21.1. The molecule has 0 bridgehead atoms. The van der Waals surface area contributed by atoms with E-state index in [1.54, 1.807) is 18.2 Å². The highest BCUT2D eigenvalue weighted by Gasteiger charge is 2.35. The average Bonchev–Trinajstić information content (AvgIpc) is 3.21. The molecule has 4 aromatic carbocycles. The molecular weight excluding hydrogens is 538 g/mol. The lowest BCUT2D eigenvalue weighted by molar-refractivity contribution is -0.394. The van der Waals surface area contributed by atoms with E-state index in [1.165, 1.54) is 18.1 Å². The maximum atomic E-state index is 13.1. The van der Waals surface area contributed by atoms with Gasteiger partial charge in [-0.15, -0.1) is 0 Å². The zero-order valence-electron chi connectivity index (χ0n) is 20.8. The van der Waals surface area contributed by atoms with Crippen LogP contribution in [0.3, 0.4) is 0 Å². The fraction of sp³-hybridized carbons (Fsp3) is 0.0714. The number of nitrogens with zero attached hydrogens (tertiary/aromatic N) is 3. The molecule has 1 heterocycles. The third-order valence-corrected chi connectivity index (χ3v) is 7.04. The Morgan fingerprint density at radius 3 is 2.38 bits per heavy atom. The van der Waals surface area contributed by atoms with Crippen molar-refractivity contribution in [2.45, 2.75) is 6.54 Å². The number of nitro benzene ring substituents is 2. The number of nitro groups is 2. The van der Waals surface area contributed by atoms with Crippen molar-refractivity contribution in [1.29, 1.82) is 0 Å². The third kappa shape index (κ3) is 5.20. The molecule has 4 aromatic rings. The fourth-order valence-corrected chi connectivity index (χ4v) is 5.05. The standard InChI is InChI=1S/C28H19N3O8S/c1-38-25-13-17(9-11-24(25)39-23-12-10-20(30(34)35)15-22(23)31(36)37)14-26-27(32)29(28(33)40-26)16-19-7-4-6-18-5-2-3-8-21(18)19/h2-15H,16H2,1H3/b26-14-. The highest BCUT2D eigenvalue weighted by atomic mass is 32.2. The van der Waals surface area contributed by atoms with Gasteiger partial charge in [-0.2, -0.15) is 0 Å². The minimum absolute atomic E-state index is 0.112. The van der Waals surface area contributed by atoms with Crippen molar-refractivity contribution in [2.75, 3.05) is 7.11 Å². The molecule has 40 heavy (non-hydrogen) atoms. The number of methoxy groups -OCH3 is 1. The predicted molar refractivity (Wildman–Crippen MR) is 148 cm³/mol. The Morgan fingerprint density at radius 1 is 0.875 bits per heavy atom. The Labute approximate surface area is 230 Å². The lowest BCUT2D eigenvalue weighted by Gasteiger charge is -2.14. The summed E-state index contributed by atoms with van der Waals surface area (Å²) >= 11 is 0.827. The van der Waals surface area contributed by atoms with Crippen molar-refractivity contribution in [3.05, 3.63) is 115 Å². The lowest BCUT2D eigenvalue weighted by Crippen LogP contribution is -2.27. The van der Waals surface area contributed by atoms with E-state index in [-0.39, 0.29) is 33.9 Å². The monoisotopic (exact) mass is 557 g/mol. The Kier molecular flexibility index (Phi) is 7.17. The Bertz CT molecular complexity index is 1730. The predicted octanol–water partition coefficient (Wildman–Crippen LogP) is 6.69. The molecule has 5 rings (SSSR count). The first-order valence-electron chi connectivity index (χ1n) is 11.8. The third-order valence-electron chi connectivity index (χ3n) is 6.14. The van der Waals surface area contributed by atoms with Crippen molar-refractivity contribution >= 4 is 51.1 Å². The molecule has 1 aliphatic heterocycles. The van der Waals surface area contributed by atoms with Crippen LogP contribution in [0.1, 0.15) is 11.1 Å². The van der Waals surface area contributed by atoms with Crippen LogP contribution in [0.15, 0.2) is 83.8 Å². The van der Waals surface area contributed by atoms with Crippen LogP contribution < -0.4 is 9.47 Å². The normalized spacial score (nSPS) is 14.1. The SMILES string of the molecule is COc1cc(/C=C2\SC(=O)N(Cc3cccc4ccccc34)C2=O)ccc1Oc1ccc([N+](=O)[O-])cc1[N+](=O)[O-]. The molecule has 0 saturated carbocycles. The molecule has 11 nitrogen and oxygen atoms in total. The molecule has 12 heteroatoms. The van der Waals surface area contributed by atoms with E-state index in [1.807, 2.05) is 42.5 Å². The first-order chi connectivity index (χ1) is 19.2. The van der Waals surface area contributed by atoms with Crippen LogP contribution in [0.5, 0.6) is 17.2 Å². The van der Waals surface area contributed by atoms with Gasteiger partial charge in [-0.05, 0) is 57.9 Å². The quantitative estimate of drug-likeness (QED) is 0.131. The zero-order chi connectivity index (χ0) is 28.4. The molecule has 0 N–H and O–H groups in total. The zero-order valence-corrected chi connectivity index (χ0v) is 21.6. The first kappa shape index (κ1) is 26.4. The molecule has 1 aliphatic rings. The van der Waals surface area contributed by atoms with Crippen molar-refractivity contribution in [3.8, 4) is 17.2 Å². The van der Waals surface area contributed by atoms with Gasteiger partial charge in [-0.1, -0.05) is 48.5 Å². The summed E-state index contributed by atoms with van der Waals surface area (Å²) in [5.74, 6) is -0.336. The van der Waals surface area contributed by atoms with Gasteiger partial charge in [0.15, 0.2) is 11.5 Å². The average molecular weight is 558 g/mol. The molecule has 0 spiro atoms. The number of hydrogen-bond acceptors (Lipinski definition) is 9. The number of fused-ring (bicyclic) bond motifs is 1. The Morgan fingerprint density at radius 2 is 1.62 bits per heavy atom. The van der Waals surface area contributed by atoms with Crippen LogP contribution in [0.2, 0.25) is 0 Å². The number of thioether (sulfide) groups is 1. The summed E-state index contributed by atoms with van der Waals surface area (Å²) in [6.45, 7) is 0.132. The molecule has 0 aliphatic carbocycles. The van der Waals surface area contributed by atoms with Crippen LogP contribution in [0.25, 0.3) is 16.8 Å². The summed E-state index contributed by atoms with van der Waals surface area (Å²) in [7, 11) is 1.37. The second kappa shape index (κ2) is 10.9. The summed E-state index contributed by atoms with van der Waals surface area (Å²) in [5, 5.41) is 24.0. The van der Waals surface area contributed by atoms with E-state index in [9.17, 15) is 29.8 Å². The number of non-ortho nitro benzene ring substituents is 1. The molecule has 2 amide bonds. The van der Waals surface area contributed by atoms with E-state index in [0.717, 1.165) is 46.3 Å². The molecule has 0 atom stereocenters. The minimum atomic E-state index is -0.780. The second-order valence-corrected chi connectivity index (χ2v) is 9.58. The maximum Gasteiger partial charge on any atom is 0.318 e. The summed E-state index contributed by atoms with van der Waals surface area (Å²) in [5.41, 5.74) is 0.346. The molecule has 1 saturated heterocycles. The van der Waals surface area contributed by atoms with Gasteiger partial charge in [0.1, 0.15) is 0 Å². The largest absolute Gasteiger partial charge is 0.493 e. The van der Waals surface area contributed by atoms with Crippen LogP contribution >= 0.6 is 11.8 Å². The van der Waals surface area contributed by atoms with Crippen molar-refractivity contribution in [3.63, 3.8) is 0 Å². The number of carbonyl (C=O) groups excluding carboxylic acids is 2. The van der Waals surface area contributed by atoms with Gasteiger partial charge in [0.05, 0.1) is 34.5 Å². The van der Waals surface area contributed by atoms with E-state index >= 15 is 0 Å². The molecular formula is C28H19N3O8S. The van der Waals surface area contributed by atoms with Crippen LogP contribution in [-0.4, -0.2) is 33.0 Å². The van der Waals surface area contributed by atoms with Crippen molar-refractivity contribution < 1.29 is 28.9 Å². The van der Waals surface area contributed by atoms with E-state index in [4.69, 9.17) is 9.47 Å². The Balaban J connectivity index is 1.39. The van der Waals surface area contributed by atoms with Gasteiger partial charge in [0, 0.05) is 6.07 Å². The van der Waals surface area contributed by atoms with E-state index < -0.39 is 27.1 Å². The second-order valence-electron chi connectivity index (χ2n) is 8.58. The van der Waals surface area contributed by atoms with Gasteiger partial charge in [0.25, 0.3) is 16.8 Å². The van der Waals surface area contributed by atoms with Crippen LogP contribution in [-0.2, 0) is 11.3 Å². The minimum Gasteiger partial charge on any atom is -0.493 e. The topological polar surface area (TPSA) is 142 Å². The first-order valence-corrected chi connectivity index (χ1v) is 12.6. The van der Waals surface area contributed by atoms with Gasteiger partial charge in [0.2, 0.25) is 5.75 Å². The van der Waals surface area contributed by atoms with E-state index in [2.05, 4.69) is 0 Å². The highest BCUT2D eigenvalue weighted by Crippen LogP contribution is 2.40. The van der Waals surface area contributed by atoms with Gasteiger partial charge in [-0.25, -0.2) is 0 Å². The van der Waals surface area contributed by atoms with Crippen molar-refractivity contribution in [1.82, 2.24) is 4.90 Å². The van der Waals surface area contributed by atoms with Crippen LogP contribution in [0.4, 0.5) is 16.2 Å². The smallest absolute Gasteiger partial charge is 0.318 e. The summed E-state index contributed by atoms with van der Waals surface area (Å²) < 4.78 is 11.0. The highest BCUT2D eigenvalue weighted by molar-refractivity contribution is 8.18. The fourth-order valence-electron chi connectivity index (χ4n) is 4.21. The molecule has 200 valence electrons. The number of amides is 2. The van der Waals surface area contributed by atoms with E-state index in [0.29, 0.717) is 5.56 Å². The lowest BCUT2D eigenvalue weighted by atomic mass is 10.0. The number of carbonyl (C=O) groups is 2. The molecule has 0 radical (unpaired) electrons. The molecule has 0 aromatic heterocycles. The molecule has 0 unspecified atom stereocenters.